The van der Waals surface area contributed by atoms with Crippen molar-refractivity contribution in [3.63, 3.8) is 0 Å². The number of hydrogen-bond acceptors (Lipinski definition) is 3. The molecule has 0 amide bonds. The number of aromatic nitrogens is 2. The third-order valence-corrected chi connectivity index (χ3v) is 3.62. The number of nitrogens with zero attached hydrogens (tertiary/aromatic N) is 2. The van der Waals surface area contributed by atoms with Gasteiger partial charge >= 0.3 is 0 Å². The molecule has 94 valence electrons. The van der Waals surface area contributed by atoms with Crippen LogP contribution in [0.1, 0.15) is 5.69 Å². The lowest BCUT2D eigenvalue weighted by atomic mass is 10.2. The molecular formula is C13H14BrN3O. The molecule has 1 heterocycles. The number of aryl methyl sites for hydroxylation is 1. The molecule has 4 nitrogen and oxygen atoms in total. The van der Waals surface area contributed by atoms with Crippen molar-refractivity contribution in [3.05, 3.63) is 44.8 Å². The second-order valence-corrected chi connectivity index (χ2v) is 5.05. The number of benzene rings is 1. The zero-order chi connectivity index (χ0) is 13.3. The molecule has 0 saturated carbocycles. The summed E-state index contributed by atoms with van der Waals surface area (Å²) in [6, 6.07) is 7.88. The van der Waals surface area contributed by atoms with E-state index in [9.17, 15) is 4.79 Å². The first-order valence-electron chi connectivity index (χ1n) is 5.53. The van der Waals surface area contributed by atoms with Gasteiger partial charge in [0.1, 0.15) is 10.3 Å². The summed E-state index contributed by atoms with van der Waals surface area (Å²) in [5.74, 6) is 0.589. The van der Waals surface area contributed by atoms with Crippen molar-refractivity contribution in [2.75, 3.05) is 19.0 Å². The third kappa shape index (κ3) is 2.46. The number of hydrogen-bond donors (Lipinski definition) is 1. The van der Waals surface area contributed by atoms with Crippen LogP contribution >= 0.6 is 15.9 Å². The maximum absolute atomic E-state index is 11.7. The molecule has 1 N–H and O–H groups in total. The van der Waals surface area contributed by atoms with Crippen molar-refractivity contribution in [1.29, 1.82) is 0 Å². The molecule has 1 aromatic heterocycles. The van der Waals surface area contributed by atoms with Crippen molar-refractivity contribution in [3.8, 4) is 11.4 Å². The van der Waals surface area contributed by atoms with Crippen LogP contribution in [-0.2, 0) is 0 Å². The van der Waals surface area contributed by atoms with Gasteiger partial charge in [0.25, 0.3) is 5.56 Å². The summed E-state index contributed by atoms with van der Waals surface area (Å²) in [7, 11) is 3.97. The van der Waals surface area contributed by atoms with Crippen LogP contribution in [0.4, 0.5) is 5.69 Å². The first-order valence-corrected chi connectivity index (χ1v) is 6.32. The largest absolute Gasteiger partial charge is 0.378 e. The van der Waals surface area contributed by atoms with Gasteiger partial charge in [0.05, 0.1) is 5.69 Å². The van der Waals surface area contributed by atoms with E-state index in [1.54, 1.807) is 6.92 Å². The fourth-order valence-corrected chi connectivity index (χ4v) is 1.81. The van der Waals surface area contributed by atoms with Gasteiger partial charge in [-0.2, -0.15) is 0 Å². The van der Waals surface area contributed by atoms with Gasteiger partial charge in [-0.25, -0.2) is 4.98 Å². The summed E-state index contributed by atoms with van der Waals surface area (Å²) in [5.41, 5.74) is 2.53. The van der Waals surface area contributed by atoms with Crippen LogP contribution in [-0.4, -0.2) is 24.1 Å². The van der Waals surface area contributed by atoms with E-state index in [-0.39, 0.29) is 5.56 Å². The summed E-state index contributed by atoms with van der Waals surface area (Å²) >= 11 is 3.20. The fraction of sp³-hybridized carbons (Fsp3) is 0.231. The van der Waals surface area contributed by atoms with Crippen LogP contribution in [0.3, 0.4) is 0 Å². The van der Waals surface area contributed by atoms with Gasteiger partial charge in [-0.1, -0.05) is 0 Å². The van der Waals surface area contributed by atoms with Crippen LogP contribution in [0.2, 0.25) is 0 Å². The zero-order valence-corrected chi connectivity index (χ0v) is 12.1. The van der Waals surface area contributed by atoms with Gasteiger partial charge in [-0.3, -0.25) is 4.79 Å². The van der Waals surface area contributed by atoms with Gasteiger partial charge in [-0.05, 0) is 47.1 Å². The number of H-pyrrole nitrogens is 1. The van der Waals surface area contributed by atoms with Crippen molar-refractivity contribution >= 4 is 21.6 Å². The molecule has 0 aliphatic rings. The van der Waals surface area contributed by atoms with Gasteiger partial charge in [0, 0.05) is 25.3 Å². The van der Waals surface area contributed by atoms with E-state index in [1.807, 2.05) is 43.3 Å². The minimum Gasteiger partial charge on any atom is -0.378 e. The molecule has 1 aromatic carbocycles. The van der Waals surface area contributed by atoms with Crippen LogP contribution < -0.4 is 10.5 Å². The molecule has 0 fully saturated rings. The summed E-state index contributed by atoms with van der Waals surface area (Å²) in [6.07, 6.45) is 0. The third-order valence-electron chi connectivity index (χ3n) is 2.69. The first-order chi connectivity index (χ1) is 8.49. The van der Waals surface area contributed by atoms with E-state index >= 15 is 0 Å². The van der Waals surface area contributed by atoms with E-state index in [4.69, 9.17) is 0 Å². The molecule has 5 heteroatoms. The van der Waals surface area contributed by atoms with E-state index in [2.05, 4.69) is 25.9 Å². The quantitative estimate of drug-likeness (QED) is 0.927. The van der Waals surface area contributed by atoms with E-state index in [1.165, 1.54) is 0 Å². The number of halogens is 1. The number of anilines is 1. The molecule has 2 rings (SSSR count). The lowest BCUT2D eigenvalue weighted by Gasteiger charge is -2.12. The van der Waals surface area contributed by atoms with Gasteiger partial charge in [-0.15, -0.1) is 0 Å². The Bertz CT molecular complexity index is 617. The Labute approximate surface area is 114 Å². The molecule has 0 radical (unpaired) electrons. The number of nitrogens with one attached hydrogen (secondary N) is 1. The Morgan fingerprint density at radius 3 is 2.33 bits per heavy atom. The molecule has 0 aliphatic carbocycles. The first kappa shape index (κ1) is 12.8. The second kappa shape index (κ2) is 4.94. The summed E-state index contributed by atoms with van der Waals surface area (Å²) in [5, 5.41) is 0. The molecule has 0 atom stereocenters. The Morgan fingerprint density at radius 1 is 1.22 bits per heavy atom. The van der Waals surface area contributed by atoms with E-state index < -0.39 is 0 Å². The summed E-state index contributed by atoms with van der Waals surface area (Å²) in [4.78, 5) is 20.8. The maximum Gasteiger partial charge on any atom is 0.265 e. The minimum absolute atomic E-state index is 0.158. The Balaban J connectivity index is 2.46. The van der Waals surface area contributed by atoms with Crippen molar-refractivity contribution in [2.24, 2.45) is 0 Å². The molecule has 0 bridgehead atoms. The Hall–Kier alpha value is -1.62. The SMILES string of the molecule is Cc1nc(-c2ccc(N(C)C)cc2)[nH]c(=O)c1Br. The second-order valence-electron chi connectivity index (χ2n) is 4.26. The Morgan fingerprint density at radius 2 is 1.83 bits per heavy atom. The average Bonchev–Trinajstić information content (AvgIpc) is 2.35. The molecule has 0 spiro atoms. The molecule has 18 heavy (non-hydrogen) atoms. The van der Waals surface area contributed by atoms with Crippen LogP contribution in [0.25, 0.3) is 11.4 Å². The van der Waals surface area contributed by atoms with Crippen molar-refractivity contribution < 1.29 is 0 Å². The zero-order valence-electron chi connectivity index (χ0n) is 10.5. The van der Waals surface area contributed by atoms with Crippen molar-refractivity contribution in [2.45, 2.75) is 6.92 Å². The summed E-state index contributed by atoms with van der Waals surface area (Å²) < 4.78 is 0.483. The standard InChI is InChI=1S/C13H14BrN3O/c1-8-11(14)13(18)16-12(15-8)9-4-6-10(7-5-9)17(2)3/h4-7H,1-3H3,(H,15,16,18). The summed E-state index contributed by atoms with van der Waals surface area (Å²) in [6.45, 7) is 1.80. The molecule has 2 aromatic rings. The molecule has 0 aliphatic heterocycles. The normalized spacial score (nSPS) is 10.4. The van der Waals surface area contributed by atoms with Gasteiger partial charge in [0.2, 0.25) is 0 Å². The highest BCUT2D eigenvalue weighted by Gasteiger charge is 2.07. The van der Waals surface area contributed by atoms with E-state index in [0.717, 1.165) is 11.3 Å². The van der Waals surface area contributed by atoms with Crippen molar-refractivity contribution in [1.82, 2.24) is 9.97 Å². The lowest BCUT2D eigenvalue weighted by molar-refractivity contribution is 1.05. The predicted octanol–water partition coefficient (Wildman–Crippen LogP) is 2.57. The highest BCUT2D eigenvalue weighted by molar-refractivity contribution is 9.10. The van der Waals surface area contributed by atoms with Crippen LogP contribution in [0, 0.1) is 6.92 Å². The van der Waals surface area contributed by atoms with Crippen LogP contribution in [0.15, 0.2) is 33.5 Å². The predicted molar refractivity (Wildman–Crippen MR) is 77.1 cm³/mol. The van der Waals surface area contributed by atoms with Gasteiger partial charge in [0.15, 0.2) is 0 Å². The number of rotatable bonds is 2. The fourth-order valence-electron chi connectivity index (χ4n) is 1.63. The topological polar surface area (TPSA) is 49.0 Å². The maximum atomic E-state index is 11.7. The Kier molecular flexibility index (Phi) is 3.52. The smallest absolute Gasteiger partial charge is 0.265 e. The van der Waals surface area contributed by atoms with Gasteiger partial charge < -0.3 is 9.88 Å². The lowest BCUT2D eigenvalue weighted by Crippen LogP contribution is -2.12. The minimum atomic E-state index is -0.158. The molecule has 0 saturated heterocycles. The van der Waals surface area contributed by atoms with E-state index in [0.29, 0.717) is 16.0 Å². The average molecular weight is 308 g/mol. The monoisotopic (exact) mass is 307 g/mol. The molecule has 0 unspecified atom stereocenters. The highest BCUT2D eigenvalue weighted by atomic mass is 79.9. The highest BCUT2D eigenvalue weighted by Crippen LogP contribution is 2.20. The number of aromatic amines is 1. The molecular weight excluding hydrogens is 294 g/mol. The van der Waals surface area contributed by atoms with Crippen LogP contribution in [0.5, 0.6) is 0 Å².